The molecule has 0 saturated carbocycles. The van der Waals surface area contributed by atoms with Gasteiger partial charge in [-0.25, -0.2) is 5.43 Å². The maximum absolute atomic E-state index is 11.7. The highest BCUT2D eigenvalue weighted by Crippen LogP contribution is 2.27. The molecule has 0 aromatic heterocycles. The number of aryl methyl sites for hydroxylation is 2. The predicted molar refractivity (Wildman–Crippen MR) is 91.9 cm³/mol. The SMILES string of the molecule is Cc1ccc(C=NNC(=O)COc2ccc(C)cc2[N+](=O)[O-])c(O)c1. The lowest BCUT2D eigenvalue weighted by Crippen LogP contribution is -2.24. The van der Waals surface area contributed by atoms with Crippen molar-refractivity contribution in [2.45, 2.75) is 13.8 Å². The minimum absolute atomic E-state index is 0.00547. The Hall–Kier alpha value is -3.42. The fourth-order valence-electron chi connectivity index (χ4n) is 2.00. The van der Waals surface area contributed by atoms with E-state index in [1.807, 2.05) is 6.92 Å². The molecule has 1 amide bonds. The minimum Gasteiger partial charge on any atom is -0.507 e. The number of aromatic hydroxyl groups is 1. The van der Waals surface area contributed by atoms with Gasteiger partial charge in [0.05, 0.1) is 11.1 Å². The fraction of sp³-hybridized carbons (Fsp3) is 0.176. The number of hydrazone groups is 1. The van der Waals surface area contributed by atoms with Crippen LogP contribution in [0.4, 0.5) is 5.69 Å². The largest absolute Gasteiger partial charge is 0.507 e. The van der Waals surface area contributed by atoms with Crippen molar-refractivity contribution in [3.05, 3.63) is 63.2 Å². The Balaban J connectivity index is 1.93. The minimum atomic E-state index is -0.585. The summed E-state index contributed by atoms with van der Waals surface area (Å²) in [6, 6.07) is 9.48. The van der Waals surface area contributed by atoms with Crippen LogP contribution in [0.25, 0.3) is 0 Å². The number of carbonyl (C=O) groups is 1. The van der Waals surface area contributed by atoms with E-state index in [0.29, 0.717) is 11.1 Å². The number of rotatable bonds is 6. The van der Waals surface area contributed by atoms with Crippen LogP contribution in [-0.2, 0) is 4.79 Å². The Labute approximate surface area is 143 Å². The molecule has 2 aromatic carbocycles. The quantitative estimate of drug-likeness (QED) is 0.475. The zero-order valence-electron chi connectivity index (χ0n) is 13.7. The van der Waals surface area contributed by atoms with Crippen LogP contribution in [0.2, 0.25) is 0 Å². The summed E-state index contributed by atoms with van der Waals surface area (Å²) in [6.45, 7) is 3.13. The van der Waals surface area contributed by atoms with Crippen LogP contribution in [0.15, 0.2) is 41.5 Å². The van der Waals surface area contributed by atoms with Gasteiger partial charge < -0.3 is 9.84 Å². The van der Waals surface area contributed by atoms with Crippen LogP contribution in [0.1, 0.15) is 16.7 Å². The number of benzene rings is 2. The van der Waals surface area contributed by atoms with E-state index < -0.39 is 17.4 Å². The number of nitrogens with zero attached hydrogens (tertiary/aromatic N) is 2. The molecule has 0 fully saturated rings. The second-order valence-electron chi connectivity index (χ2n) is 5.37. The number of nitro groups is 1. The van der Waals surface area contributed by atoms with E-state index in [1.165, 1.54) is 18.3 Å². The molecule has 0 atom stereocenters. The smallest absolute Gasteiger partial charge is 0.311 e. The third kappa shape index (κ3) is 5.03. The molecule has 0 radical (unpaired) electrons. The van der Waals surface area contributed by atoms with Crippen molar-refractivity contribution >= 4 is 17.8 Å². The van der Waals surface area contributed by atoms with E-state index in [4.69, 9.17) is 4.74 Å². The Morgan fingerprint density at radius 2 is 1.96 bits per heavy atom. The number of nitro benzene ring substituents is 1. The van der Waals surface area contributed by atoms with Gasteiger partial charge in [0.15, 0.2) is 12.4 Å². The lowest BCUT2D eigenvalue weighted by atomic mass is 10.1. The summed E-state index contributed by atoms with van der Waals surface area (Å²) in [4.78, 5) is 22.1. The summed E-state index contributed by atoms with van der Waals surface area (Å²) in [5.41, 5.74) is 4.07. The van der Waals surface area contributed by atoms with E-state index in [-0.39, 0.29) is 17.2 Å². The van der Waals surface area contributed by atoms with Crippen molar-refractivity contribution in [1.29, 1.82) is 0 Å². The normalized spacial score (nSPS) is 10.6. The van der Waals surface area contributed by atoms with Gasteiger partial charge in [-0.1, -0.05) is 12.1 Å². The number of carbonyl (C=O) groups excluding carboxylic acids is 1. The first kappa shape index (κ1) is 17.9. The molecule has 0 heterocycles. The Bertz CT molecular complexity index is 833. The lowest BCUT2D eigenvalue weighted by molar-refractivity contribution is -0.385. The fourth-order valence-corrected chi connectivity index (χ4v) is 2.00. The van der Waals surface area contributed by atoms with Crippen molar-refractivity contribution in [3.8, 4) is 11.5 Å². The molecule has 0 unspecified atom stereocenters. The van der Waals surface area contributed by atoms with Crippen molar-refractivity contribution in [3.63, 3.8) is 0 Å². The molecule has 0 spiro atoms. The Kier molecular flexibility index (Phi) is 5.67. The van der Waals surface area contributed by atoms with Gasteiger partial charge in [-0.05, 0) is 43.2 Å². The maximum Gasteiger partial charge on any atom is 0.311 e. The van der Waals surface area contributed by atoms with Crippen LogP contribution in [0.3, 0.4) is 0 Å². The molecule has 25 heavy (non-hydrogen) atoms. The number of hydrogen-bond acceptors (Lipinski definition) is 6. The lowest BCUT2D eigenvalue weighted by Gasteiger charge is -2.06. The Morgan fingerprint density at radius 3 is 2.64 bits per heavy atom. The summed E-state index contributed by atoms with van der Waals surface area (Å²) < 4.78 is 5.18. The summed E-state index contributed by atoms with van der Waals surface area (Å²) in [5, 5.41) is 24.4. The molecular formula is C17H17N3O5. The molecule has 0 aliphatic heterocycles. The number of phenolic OH excluding ortho intramolecular Hbond substituents is 1. The molecule has 2 aromatic rings. The zero-order chi connectivity index (χ0) is 18.4. The average molecular weight is 343 g/mol. The van der Waals surface area contributed by atoms with Crippen molar-refractivity contribution < 1.29 is 19.6 Å². The van der Waals surface area contributed by atoms with Crippen LogP contribution in [0, 0.1) is 24.0 Å². The highest BCUT2D eigenvalue weighted by molar-refractivity contribution is 5.85. The second-order valence-corrected chi connectivity index (χ2v) is 5.37. The molecule has 8 nitrogen and oxygen atoms in total. The van der Waals surface area contributed by atoms with E-state index in [1.54, 1.807) is 31.2 Å². The van der Waals surface area contributed by atoms with Crippen LogP contribution in [-0.4, -0.2) is 28.8 Å². The van der Waals surface area contributed by atoms with Gasteiger partial charge in [0.2, 0.25) is 0 Å². The number of hydrogen-bond donors (Lipinski definition) is 2. The van der Waals surface area contributed by atoms with Gasteiger partial charge in [-0.2, -0.15) is 5.10 Å². The zero-order valence-corrected chi connectivity index (χ0v) is 13.7. The number of amides is 1. The molecule has 0 bridgehead atoms. The first-order chi connectivity index (χ1) is 11.9. The van der Waals surface area contributed by atoms with Crippen LogP contribution >= 0.6 is 0 Å². The van der Waals surface area contributed by atoms with E-state index in [9.17, 15) is 20.0 Å². The summed E-state index contributed by atoms with van der Waals surface area (Å²) >= 11 is 0. The molecule has 2 rings (SSSR count). The molecule has 0 aliphatic rings. The van der Waals surface area contributed by atoms with Gasteiger partial charge in [-0.15, -0.1) is 0 Å². The van der Waals surface area contributed by atoms with Crippen LogP contribution < -0.4 is 10.2 Å². The molecular weight excluding hydrogens is 326 g/mol. The van der Waals surface area contributed by atoms with Gasteiger partial charge in [0.25, 0.3) is 5.91 Å². The first-order valence-electron chi connectivity index (χ1n) is 7.36. The summed E-state index contributed by atoms with van der Waals surface area (Å²) in [5.74, 6) is -0.534. The second kappa shape index (κ2) is 7.91. The monoisotopic (exact) mass is 343 g/mol. The number of ether oxygens (including phenoxy) is 1. The third-order valence-corrected chi connectivity index (χ3v) is 3.25. The third-order valence-electron chi connectivity index (χ3n) is 3.25. The predicted octanol–water partition coefficient (Wildman–Crippen LogP) is 2.45. The molecule has 0 aliphatic carbocycles. The molecule has 0 saturated heterocycles. The maximum atomic E-state index is 11.7. The molecule has 2 N–H and O–H groups in total. The molecule has 8 heteroatoms. The van der Waals surface area contributed by atoms with Gasteiger partial charge >= 0.3 is 5.69 Å². The van der Waals surface area contributed by atoms with Crippen molar-refractivity contribution in [2.24, 2.45) is 5.10 Å². The van der Waals surface area contributed by atoms with Gasteiger partial charge in [0.1, 0.15) is 5.75 Å². The highest BCUT2D eigenvalue weighted by Gasteiger charge is 2.16. The summed E-state index contributed by atoms with van der Waals surface area (Å²) in [6.07, 6.45) is 1.29. The van der Waals surface area contributed by atoms with E-state index in [0.717, 1.165) is 5.56 Å². The molecule has 130 valence electrons. The van der Waals surface area contributed by atoms with Gasteiger partial charge in [-0.3, -0.25) is 14.9 Å². The van der Waals surface area contributed by atoms with Crippen molar-refractivity contribution in [1.82, 2.24) is 5.43 Å². The summed E-state index contributed by atoms with van der Waals surface area (Å²) in [7, 11) is 0. The van der Waals surface area contributed by atoms with E-state index >= 15 is 0 Å². The number of phenols is 1. The first-order valence-corrected chi connectivity index (χ1v) is 7.36. The highest BCUT2D eigenvalue weighted by atomic mass is 16.6. The topological polar surface area (TPSA) is 114 Å². The van der Waals surface area contributed by atoms with Gasteiger partial charge in [0, 0.05) is 11.6 Å². The van der Waals surface area contributed by atoms with Crippen molar-refractivity contribution in [2.75, 3.05) is 6.61 Å². The van der Waals surface area contributed by atoms with Crippen LogP contribution in [0.5, 0.6) is 11.5 Å². The average Bonchev–Trinajstić information content (AvgIpc) is 2.55. The Morgan fingerprint density at radius 1 is 1.28 bits per heavy atom. The standard InChI is InChI=1S/C17H17N3O5/c1-11-4-6-16(14(7-11)20(23)24)25-10-17(22)19-18-9-13-5-3-12(2)8-15(13)21/h3-9,21H,10H2,1-2H3,(H,19,22). The number of nitrogens with one attached hydrogen (secondary N) is 1. The van der Waals surface area contributed by atoms with E-state index in [2.05, 4.69) is 10.5 Å².